The number of methoxy groups -OCH3 is 2. The summed E-state index contributed by atoms with van der Waals surface area (Å²) in [5.41, 5.74) is 1.31. The summed E-state index contributed by atoms with van der Waals surface area (Å²) in [6, 6.07) is 24.4. The van der Waals surface area contributed by atoms with Crippen LogP contribution in [0.4, 0.5) is 0 Å². The fourth-order valence-electron chi connectivity index (χ4n) is 4.59. The zero-order chi connectivity index (χ0) is 25.8. The van der Waals surface area contributed by atoms with Gasteiger partial charge in [-0.15, -0.1) is 0 Å². The van der Waals surface area contributed by atoms with Gasteiger partial charge < -0.3 is 22.6 Å². The lowest BCUT2D eigenvalue weighted by atomic mass is 9.99. The van der Waals surface area contributed by atoms with Crippen LogP contribution in [0.5, 0.6) is 0 Å². The molecule has 0 fully saturated rings. The Hall–Kier alpha value is -3.35. The van der Waals surface area contributed by atoms with Crippen molar-refractivity contribution in [2.24, 2.45) is 0 Å². The van der Waals surface area contributed by atoms with E-state index in [1.807, 2.05) is 48.5 Å². The Kier molecular flexibility index (Phi) is 7.77. The molecule has 0 saturated heterocycles. The third-order valence-corrected chi connectivity index (χ3v) is 7.46. The van der Waals surface area contributed by atoms with Crippen LogP contribution in [-0.4, -0.2) is 39.2 Å². The summed E-state index contributed by atoms with van der Waals surface area (Å²) in [7, 11) is 1.17. The summed E-state index contributed by atoms with van der Waals surface area (Å²) in [6.07, 6.45) is -0.862. The van der Waals surface area contributed by atoms with Crippen LogP contribution >= 0.6 is 8.24 Å². The molecule has 1 atom stereocenters. The zero-order valence-electron chi connectivity index (χ0n) is 21.0. The average Bonchev–Trinajstić information content (AvgIpc) is 3.08. The summed E-state index contributed by atoms with van der Waals surface area (Å²) < 4.78 is 35.0. The van der Waals surface area contributed by atoms with Crippen LogP contribution < -0.4 is 4.52 Å². The van der Waals surface area contributed by atoms with Gasteiger partial charge in [-0.1, -0.05) is 60.7 Å². The normalized spacial score (nSPS) is 12.5. The molecule has 8 heteroatoms. The van der Waals surface area contributed by atoms with Gasteiger partial charge in [0.1, 0.15) is 11.2 Å². The second kappa shape index (κ2) is 11.4. The fourth-order valence-corrected chi connectivity index (χ4v) is 5.74. The van der Waals surface area contributed by atoms with Crippen LogP contribution in [0.1, 0.15) is 19.8 Å². The number of carbonyl (C=O) groups excluding carboxylic acids is 1. The van der Waals surface area contributed by atoms with Gasteiger partial charge in [0.2, 0.25) is 0 Å². The fraction of sp³-hybridized carbons (Fsp3) is 0.276. The van der Waals surface area contributed by atoms with Gasteiger partial charge in [0.25, 0.3) is 0 Å². The van der Waals surface area contributed by atoms with Gasteiger partial charge in [-0.3, -0.25) is 9.32 Å². The third kappa shape index (κ3) is 5.36. The van der Waals surface area contributed by atoms with Gasteiger partial charge in [0, 0.05) is 31.4 Å². The Balaban J connectivity index is 1.73. The molecule has 7 nitrogen and oxygen atoms in total. The van der Waals surface area contributed by atoms with Gasteiger partial charge in [-0.2, -0.15) is 0 Å². The number of ether oxygens (including phenoxy) is 3. The first-order chi connectivity index (χ1) is 18.1. The lowest BCUT2D eigenvalue weighted by Gasteiger charge is -2.20. The van der Waals surface area contributed by atoms with Gasteiger partial charge in [0.05, 0.1) is 19.1 Å². The molecule has 1 heterocycles. The Morgan fingerprint density at radius 1 is 0.811 bits per heavy atom. The number of hydrogen-bond donors (Lipinski definition) is 0. The molecule has 0 spiro atoms. The van der Waals surface area contributed by atoms with Gasteiger partial charge in [0.15, 0.2) is 6.29 Å². The molecule has 0 aliphatic rings. The van der Waals surface area contributed by atoms with E-state index in [-0.39, 0.29) is 19.0 Å². The van der Waals surface area contributed by atoms with Crippen LogP contribution in [0.15, 0.2) is 81.2 Å². The molecule has 0 bridgehead atoms. The minimum atomic E-state index is -1.92. The van der Waals surface area contributed by atoms with Crippen molar-refractivity contribution in [3.63, 3.8) is 0 Å². The Morgan fingerprint density at radius 2 is 1.35 bits per heavy atom. The van der Waals surface area contributed by atoms with E-state index in [0.717, 1.165) is 32.3 Å². The van der Waals surface area contributed by atoms with E-state index in [1.54, 1.807) is 21.1 Å². The molecule has 1 aromatic heterocycles. The summed E-state index contributed by atoms with van der Waals surface area (Å²) in [6.45, 7) is 2.05. The summed E-state index contributed by atoms with van der Waals surface area (Å²) in [4.78, 5) is 12.4. The molecule has 0 radical (unpaired) electrons. The van der Waals surface area contributed by atoms with E-state index in [4.69, 9.17) is 27.1 Å². The van der Waals surface area contributed by atoms with Crippen molar-refractivity contribution in [2.75, 3.05) is 20.8 Å². The Morgan fingerprint density at radius 3 is 1.86 bits per heavy atom. The lowest BCUT2D eigenvalue weighted by Crippen LogP contribution is -2.28. The highest BCUT2D eigenvalue weighted by molar-refractivity contribution is 7.31. The Bertz CT molecular complexity index is 1490. The maximum atomic E-state index is 12.4. The molecule has 0 amide bonds. The zero-order valence-corrected chi connectivity index (χ0v) is 21.9. The third-order valence-electron chi connectivity index (χ3n) is 6.29. The predicted octanol–water partition coefficient (Wildman–Crippen LogP) is 7.36. The largest absolute Gasteiger partial charge is 0.466 e. The number of rotatable bonds is 9. The van der Waals surface area contributed by atoms with Crippen LogP contribution in [0, 0.1) is 0 Å². The number of benzene rings is 4. The molecule has 0 aliphatic heterocycles. The van der Waals surface area contributed by atoms with E-state index in [2.05, 4.69) is 24.3 Å². The molecule has 5 rings (SSSR count). The number of carbonyl (C=O) groups is 1. The highest BCUT2D eigenvalue weighted by Crippen LogP contribution is 2.40. The maximum Gasteiger partial charge on any atom is 0.387 e. The maximum absolute atomic E-state index is 12.4. The average molecular weight is 521 g/mol. The molecule has 5 aromatic rings. The lowest BCUT2D eigenvalue weighted by molar-refractivity contribution is -0.147. The molecule has 192 valence electrons. The highest BCUT2D eigenvalue weighted by Gasteiger charge is 2.24. The molecule has 4 aromatic carbocycles. The molecule has 0 unspecified atom stereocenters. The van der Waals surface area contributed by atoms with Gasteiger partial charge in [-0.25, -0.2) is 0 Å². The van der Waals surface area contributed by atoms with E-state index in [1.165, 1.54) is 0 Å². The second-order valence-electron chi connectivity index (χ2n) is 8.60. The highest BCUT2D eigenvalue weighted by atomic mass is 31.1. The SMILES string of the molecule is CCOC(=O)C[C@@H](CC(OC)OC)Op1oc2ccc3ccccc3c2c2c(ccc3ccccc32)o1. The summed E-state index contributed by atoms with van der Waals surface area (Å²) >= 11 is 0. The monoisotopic (exact) mass is 520 g/mol. The number of hydrogen-bond acceptors (Lipinski definition) is 7. The van der Waals surface area contributed by atoms with Crippen LogP contribution in [-0.2, 0) is 19.0 Å². The number of esters is 1. The standard InChI is InChI=1S/C29H29O7P/c1-4-33-26(30)17-21(18-27(31-2)32-3)34-37-35-24-15-13-19-9-5-7-11-22(19)28(24)29-23-12-8-6-10-20(23)14-16-25(29)36-37/h5-16,21,27H,4,17-18H2,1-3H3/t21-/m0/s1. The topological polar surface area (TPSA) is 80.3 Å². The number of fused-ring (bicyclic) bond motifs is 7. The molecule has 0 saturated carbocycles. The van der Waals surface area contributed by atoms with E-state index >= 15 is 0 Å². The van der Waals surface area contributed by atoms with E-state index < -0.39 is 20.6 Å². The van der Waals surface area contributed by atoms with Gasteiger partial charge >= 0.3 is 14.2 Å². The smallest absolute Gasteiger partial charge is 0.387 e. The van der Waals surface area contributed by atoms with Crippen molar-refractivity contribution in [1.82, 2.24) is 0 Å². The van der Waals surface area contributed by atoms with E-state index in [9.17, 15) is 4.79 Å². The molecule has 0 N–H and O–H groups in total. The van der Waals surface area contributed by atoms with E-state index in [0.29, 0.717) is 17.6 Å². The van der Waals surface area contributed by atoms with Crippen LogP contribution in [0.25, 0.3) is 43.5 Å². The first-order valence-electron chi connectivity index (χ1n) is 12.2. The predicted molar refractivity (Wildman–Crippen MR) is 145 cm³/mol. The second-order valence-corrected chi connectivity index (χ2v) is 9.62. The molecule has 0 aliphatic carbocycles. The van der Waals surface area contributed by atoms with Crippen molar-refractivity contribution in [3.8, 4) is 0 Å². The summed E-state index contributed by atoms with van der Waals surface area (Å²) in [5.74, 6) is -0.374. The minimum absolute atomic E-state index is 0.0117. The molecular weight excluding hydrogens is 491 g/mol. The van der Waals surface area contributed by atoms with Crippen LogP contribution in [0.3, 0.4) is 0 Å². The summed E-state index contributed by atoms with van der Waals surface area (Å²) in [5, 5.41) is 6.21. The van der Waals surface area contributed by atoms with Crippen molar-refractivity contribution in [3.05, 3.63) is 72.8 Å². The van der Waals surface area contributed by atoms with Crippen molar-refractivity contribution < 1.29 is 31.9 Å². The van der Waals surface area contributed by atoms with Gasteiger partial charge in [-0.05, 0) is 40.6 Å². The molecular formula is C29H29O7P. The first kappa shape index (κ1) is 25.3. The van der Waals surface area contributed by atoms with Crippen LogP contribution in [0.2, 0.25) is 0 Å². The molecule has 37 heavy (non-hydrogen) atoms. The first-order valence-corrected chi connectivity index (χ1v) is 13.3. The van der Waals surface area contributed by atoms with Crippen molar-refractivity contribution in [2.45, 2.75) is 32.2 Å². The Labute approximate surface area is 215 Å². The minimum Gasteiger partial charge on any atom is -0.466 e. The van der Waals surface area contributed by atoms with Crippen molar-refractivity contribution >= 4 is 57.7 Å². The van der Waals surface area contributed by atoms with Crippen molar-refractivity contribution in [1.29, 1.82) is 0 Å². The quantitative estimate of drug-likeness (QED) is 0.148.